The van der Waals surface area contributed by atoms with Crippen molar-refractivity contribution in [2.75, 3.05) is 66.3 Å². The Balaban J connectivity index is 0.000000297. The zero-order valence-electron chi connectivity index (χ0n) is 102. The van der Waals surface area contributed by atoms with Gasteiger partial charge in [-0.3, -0.25) is 19.2 Å². The first-order valence-electron chi connectivity index (χ1n) is 54.0. The van der Waals surface area contributed by atoms with Gasteiger partial charge in [0.1, 0.15) is 13.1 Å². The number of pyridine rings is 2. The van der Waals surface area contributed by atoms with Gasteiger partial charge in [0.05, 0.1) is 84.2 Å². The maximum Gasteiger partial charge on any atom is 0.416 e. The summed E-state index contributed by atoms with van der Waals surface area (Å²) < 4.78 is 577. The summed E-state index contributed by atoms with van der Waals surface area (Å²) in [6.45, 7) is -41.8. The van der Waals surface area contributed by atoms with E-state index in [1.54, 1.807) is 0 Å². The summed E-state index contributed by atoms with van der Waals surface area (Å²) >= 11 is -0.642. The Kier molecular flexibility index (Phi) is 12.3. The van der Waals surface area contributed by atoms with Crippen molar-refractivity contribution in [1.29, 1.82) is 0 Å². The minimum Gasteiger partial charge on any atom is -0.383 e. The van der Waals surface area contributed by atoms with Crippen LogP contribution in [-0.2, 0) is 62.4 Å². The van der Waals surface area contributed by atoms with Gasteiger partial charge in [-0.1, -0.05) is 115 Å². The second-order valence-electron chi connectivity index (χ2n) is 21.4. The van der Waals surface area contributed by atoms with Gasteiger partial charge in [-0.05, 0) is 139 Å². The number of hydrogen-bond acceptors (Lipinski definition) is 10. The van der Waals surface area contributed by atoms with Crippen LogP contribution in [0.25, 0.3) is 44.1 Å². The maximum absolute atomic E-state index is 15.9. The van der Waals surface area contributed by atoms with Crippen LogP contribution in [0.5, 0.6) is 0 Å². The number of piperidine rings is 2. The predicted octanol–water partition coefficient (Wildman–Crippen LogP) is 17.7. The number of likely N-dealkylation sites (tertiary alicyclic amines) is 2. The predicted molar refractivity (Wildman–Crippen MR) is 395 cm³/mol. The number of carbonyl (C=O) groups is 2. The molecule has 12 rings (SSSR count). The summed E-state index contributed by atoms with van der Waals surface area (Å²) in [6, 6.07) is -19.3. The van der Waals surface area contributed by atoms with E-state index in [0.717, 1.165) is 66.1 Å². The minimum absolute atomic E-state index is 0.0573. The molecule has 0 N–H and O–H groups in total. The molecule has 0 radical (unpaired) electrons. The number of fused-ring (bicyclic) bond motifs is 2. The lowest BCUT2D eigenvalue weighted by Crippen LogP contribution is -2.49. The van der Waals surface area contributed by atoms with Crippen molar-refractivity contribution in [3.63, 3.8) is 0 Å². The average molecular weight is 1550 g/mol. The van der Waals surface area contributed by atoms with Crippen LogP contribution in [0.15, 0.2) is 207 Å². The molecule has 106 heavy (non-hydrogen) atoms. The summed E-state index contributed by atoms with van der Waals surface area (Å²) in [6.07, 6.45) is -29.3. The Morgan fingerprint density at radius 2 is 1.16 bits per heavy atom. The van der Waals surface area contributed by atoms with Crippen molar-refractivity contribution < 1.29 is 129 Å². The van der Waals surface area contributed by atoms with Crippen LogP contribution in [0.1, 0.15) is 143 Å². The van der Waals surface area contributed by atoms with Crippen LogP contribution < -0.4 is 10.9 Å². The standard InChI is InChI=1S/2C41H40F5N3O3S/c1-27(28-10-12-29(13-11-28)30-14-16-32(17-15-30)41(44,45)46)49(33-18-20-47(21-19-33)22-23-52-2)38(51)25-48-36-9-4-3-7-34(36)37(50)24-39(48)53-26-31-6-5-8-35(42)40(31)43;1-27-22-29(28-12-14-32(15-13-28)41(44,45)46)10-11-30(27)24-48(33-16-18-47(19-17-33)20-21-52-2)38(51)25-49-36-9-4-3-7-34(36)37(50)23-39(49)53-26-31-6-5-8-35(42)40(31)43/h3-17,24,27,33H,18-23,25-26H2,1-2H3;3-15,22-23,33H,16-21,24-26H2,1-2H3/i18D2,19D2,20D2,21D2,22D2,23D2,26D2,27D,33D;3D,4D,5D,6D,7D,8D,9D,10D,11D,12D,13D,14D,15D,16D2,17D2,18D2,19D2,20D2,21D2,22D,23D,24D2,26D2,33D. The van der Waals surface area contributed by atoms with Gasteiger partial charge in [0.15, 0.2) is 34.1 Å². The van der Waals surface area contributed by atoms with E-state index < -0.39 is 373 Å². The normalized spacial score (nSPS) is 26.7. The summed E-state index contributed by atoms with van der Waals surface area (Å²) in [4.78, 5) is 56.0. The van der Waals surface area contributed by atoms with Gasteiger partial charge in [0.25, 0.3) is 0 Å². The molecule has 1 unspecified atom stereocenters. The number of ether oxygens (including phenoxy) is 2. The summed E-state index contributed by atoms with van der Waals surface area (Å²) in [7, 11) is 1.03. The van der Waals surface area contributed by atoms with Gasteiger partial charge in [-0.25, -0.2) is 17.6 Å². The molecular formula is C82H80F10N6O6S2. The SMILES string of the molecule is [2H]C([2H])(Sc1cc(=O)c2ccccc2n1CC(=O)N(C([2H])(C)c1ccc(-c2ccc(C(F)(F)F)cc2)cc1)C1([2H])C([2H])([2H])C([2H])([2H])N(C([2H])([2H])C([2H])([2H])OC)C([2H])([2H])C1([2H])[2H])c1cccc(F)c1F.[2H]c1c([2H])c(F)c(F)c(C([2H])([2H])Sc2c([2H])c(=O)c3c([2H])c([2H])c([2H])c([2H])c3n2CC(=O)N(C([2H])([2H])c2c([2H])c([2H])c(-c3c([2H])c([2H])c(C(F)(F)F)c([2H])c3[2H])c([2H])c2C)C2([2H])C([2H])([2H])C([2H])([2H])N(C([2H])([2H])C([2H])([2H])OC)C([2H])([2H])C2([2H])[2H])c1[2H]. The molecular weight excluding hydrogens is 1420 g/mol. The molecule has 2 aliphatic heterocycles. The van der Waals surface area contributed by atoms with Crippen molar-refractivity contribution in [3.05, 3.63) is 270 Å². The summed E-state index contributed by atoms with van der Waals surface area (Å²) in [5.41, 5.74) is -22.5. The third-order valence-electron chi connectivity index (χ3n) is 14.6. The maximum atomic E-state index is 15.9. The number of amides is 2. The number of carbonyl (C=O) groups excluding carboxylic acids is 2. The molecule has 0 saturated carbocycles. The number of aromatic nitrogens is 2. The molecule has 8 aromatic carbocycles. The number of alkyl halides is 6. The lowest BCUT2D eigenvalue weighted by molar-refractivity contribution is -0.138. The Labute approximate surface area is 684 Å². The number of rotatable bonds is 24. The summed E-state index contributed by atoms with van der Waals surface area (Å²) in [5, 5.41) is -3.56. The number of para-hydroxylation sites is 2. The molecule has 4 heterocycles. The number of hydrogen-bond donors (Lipinski definition) is 0. The quantitative estimate of drug-likeness (QED) is 0.0428. The number of nitrogens with zero attached hydrogens (tertiary/aromatic N) is 6. The number of methoxy groups -OCH3 is 2. The van der Waals surface area contributed by atoms with Crippen LogP contribution >= 0.6 is 23.5 Å². The zero-order chi connectivity index (χ0) is 118. The van der Waals surface area contributed by atoms with E-state index >= 15 is 22.8 Å². The van der Waals surface area contributed by atoms with E-state index in [0.29, 0.717) is 27.2 Å². The Hall–Kier alpha value is -9.04. The molecule has 2 aromatic heterocycles. The fraction of sp³-hybridized carbons (Fsp3) is 0.317. The van der Waals surface area contributed by atoms with Crippen LogP contribution in [0.2, 0.25) is 0 Å². The van der Waals surface area contributed by atoms with Gasteiger partial charge in [-0.15, -0.1) is 23.5 Å². The number of halogens is 10. The number of thioether (sulfide) groups is 2. The third-order valence-corrected chi connectivity index (χ3v) is 16.3. The first-order chi connectivity index (χ1) is 69.5. The van der Waals surface area contributed by atoms with Gasteiger partial charge in [-0.2, -0.15) is 26.3 Å². The fourth-order valence-corrected chi connectivity index (χ4v) is 11.1. The molecule has 2 amide bonds. The molecule has 0 aliphatic carbocycles. The van der Waals surface area contributed by atoms with Crippen LogP contribution in [-0.4, -0.2) is 119 Å². The van der Waals surface area contributed by atoms with Gasteiger partial charge < -0.3 is 38.2 Å². The van der Waals surface area contributed by atoms with Crippen molar-refractivity contribution in [3.8, 4) is 22.3 Å². The van der Waals surface area contributed by atoms with Crippen LogP contribution in [0.4, 0.5) is 43.9 Å². The lowest BCUT2D eigenvalue weighted by Gasteiger charge is -2.42. The van der Waals surface area contributed by atoms with Gasteiger partial charge >= 0.3 is 12.4 Å². The highest BCUT2D eigenvalue weighted by Gasteiger charge is 2.35. The molecule has 2 saturated heterocycles. The van der Waals surface area contributed by atoms with Crippen molar-refractivity contribution in [1.82, 2.24) is 28.7 Å². The largest absolute Gasteiger partial charge is 0.416 e. The van der Waals surface area contributed by atoms with E-state index in [4.69, 9.17) is 48.0 Å². The molecule has 24 heteroatoms. The first-order valence-corrected chi connectivity index (χ1v) is 31.6. The molecule has 0 spiro atoms. The molecule has 2 aliphatic rings. The minimum atomic E-state index is -5.58. The second-order valence-corrected chi connectivity index (χ2v) is 23.0. The van der Waals surface area contributed by atoms with Crippen molar-refractivity contribution in [2.45, 2.75) is 111 Å². The van der Waals surface area contributed by atoms with Crippen LogP contribution in [0, 0.1) is 30.2 Å². The molecule has 12 nitrogen and oxygen atoms in total. The van der Waals surface area contributed by atoms with E-state index in [1.807, 2.05) is 0 Å². The van der Waals surface area contributed by atoms with E-state index in [9.17, 15) is 58.1 Å². The topological polar surface area (TPSA) is 110 Å². The monoisotopic (exact) mass is 1550 g/mol. The summed E-state index contributed by atoms with van der Waals surface area (Å²) in [5.74, 6) is -12.0. The molecule has 2 fully saturated rings. The third kappa shape index (κ3) is 19.0. The van der Waals surface area contributed by atoms with Crippen LogP contribution in [0.3, 0.4) is 0 Å². The highest BCUT2D eigenvalue weighted by atomic mass is 32.2. The van der Waals surface area contributed by atoms with Gasteiger partial charge in [0.2, 0.25) is 11.8 Å². The fourth-order valence-electron chi connectivity index (χ4n) is 9.53. The second kappa shape index (κ2) is 35.1. The Morgan fingerprint density at radius 1 is 0.585 bits per heavy atom. The highest BCUT2D eigenvalue weighted by molar-refractivity contribution is 7.98. The lowest BCUT2D eigenvalue weighted by atomic mass is 9.96. The molecule has 10 aromatic rings. The zero-order valence-corrected chi connectivity index (χ0v) is 56.0. The molecule has 1 atom stereocenters. The molecule has 556 valence electrons. The average Bonchev–Trinajstić information content (AvgIpc) is 0.652. The number of benzene rings is 8. The van der Waals surface area contributed by atoms with Gasteiger partial charge in [0, 0.05) is 150 Å². The Bertz CT molecular complexity index is 7330. The Morgan fingerprint density at radius 3 is 1.81 bits per heavy atom. The van der Waals surface area contributed by atoms with Crippen molar-refractivity contribution in [2.24, 2.45) is 0 Å². The smallest absolute Gasteiger partial charge is 0.383 e. The van der Waals surface area contributed by atoms with E-state index in [1.165, 1.54) is 36.4 Å². The van der Waals surface area contributed by atoms with Crippen molar-refractivity contribution >= 4 is 57.1 Å². The highest BCUT2D eigenvalue weighted by Crippen LogP contribution is 2.37. The van der Waals surface area contributed by atoms with E-state index in [-0.39, 0.29) is 43.3 Å². The first kappa shape index (κ1) is 37.2. The molecule has 0 bridgehead atoms. The van der Waals surface area contributed by atoms with E-state index in [2.05, 4.69) is 9.47 Å².